The maximum absolute atomic E-state index is 13.1. The maximum Gasteiger partial charge on any atom is 0.390 e. The summed E-state index contributed by atoms with van der Waals surface area (Å²) in [6.45, 7) is 3.98. The molecular formula is C21H32F3N3O5S. The van der Waals surface area contributed by atoms with Gasteiger partial charge in [-0.25, -0.2) is 8.42 Å². The van der Waals surface area contributed by atoms with Gasteiger partial charge in [-0.1, -0.05) is 6.92 Å². The monoisotopic (exact) mass is 495 g/mol. The molecule has 1 aromatic carbocycles. The van der Waals surface area contributed by atoms with Gasteiger partial charge in [-0.05, 0) is 25.0 Å². The van der Waals surface area contributed by atoms with Crippen molar-refractivity contribution in [2.75, 3.05) is 51.4 Å². The van der Waals surface area contributed by atoms with Crippen LogP contribution in [0.15, 0.2) is 18.2 Å². The molecule has 2 rings (SSSR count). The summed E-state index contributed by atoms with van der Waals surface area (Å²) in [5.74, 6) is -0.348. The number of nitrogens with one attached hydrogen (secondary N) is 1. The maximum atomic E-state index is 13.1. The summed E-state index contributed by atoms with van der Waals surface area (Å²) in [5.41, 5.74) is 0.428. The van der Waals surface area contributed by atoms with E-state index in [2.05, 4.69) is 4.72 Å². The summed E-state index contributed by atoms with van der Waals surface area (Å²) >= 11 is 0. The van der Waals surface area contributed by atoms with Gasteiger partial charge in [0.25, 0.3) is 5.91 Å². The summed E-state index contributed by atoms with van der Waals surface area (Å²) in [7, 11) is -0.448. The lowest BCUT2D eigenvalue weighted by molar-refractivity contribution is -0.140. The minimum atomic E-state index is -4.29. The van der Waals surface area contributed by atoms with Crippen LogP contribution in [0.1, 0.15) is 30.6 Å². The number of fused-ring (bicyclic) bond motifs is 1. The number of hydrogen-bond donors (Lipinski definition) is 1. The normalized spacial score (nSPS) is 23.8. The molecule has 8 nitrogen and oxygen atoms in total. The molecule has 12 heteroatoms. The first-order valence-electron chi connectivity index (χ1n) is 10.5. The first kappa shape index (κ1) is 27.2. The van der Waals surface area contributed by atoms with Crippen molar-refractivity contribution in [3.63, 3.8) is 0 Å². The van der Waals surface area contributed by atoms with Gasteiger partial charge in [0.05, 0.1) is 30.0 Å². The lowest BCUT2D eigenvalue weighted by atomic mass is 10.0. The Labute approximate surface area is 193 Å². The van der Waals surface area contributed by atoms with Gasteiger partial charge >= 0.3 is 6.18 Å². The average molecular weight is 496 g/mol. The molecule has 0 bridgehead atoms. The van der Waals surface area contributed by atoms with Crippen LogP contribution in [0.4, 0.5) is 18.9 Å². The summed E-state index contributed by atoms with van der Waals surface area (Å²) in [6.07, 6.45) is -4.65. The molecule has 1 aliphatic rings. The number of rotatable bonds is 5. The summed E-state index contributed by atoms with van der Waals surface area (Å²) in [5, 5.41) is 0. The van der Waals surface area contributed by atoms with Crippen LogP contribution >= 0.6 is 0 Å². The van der Waals surface area contributed by atoms with E-state index in [1.54, 1.807) is 18.9 Å². The summed E-state index contributed by atoms with van der Waals surface area (Å²) < 4.78 is 75.7. The number of anilines is 1. The Bertz CT molecular complexity index is 926. The van der Waals surface area contributed by atoms with Crippen LogP contribution in [0.25, 0.3) is 0 Å². The Morgan fingerprint density at radius 3 is 2.48 bits per heavy atom. The SMILES string of the molecule is CO[C@@H]1CN(C)C(=O)c2ccc(NS(C)(=O)=O)cc2OC[C@@H](C)N(CCC(F)(F)F)C[C@H]1C. The van der Waals surface area contributed by atoms with E-state index >= 15 is 0 Å². The van der Waals surface area contributed by atoms with Crippen molar-refractivity contribution in [3.8, 4) is 5.75 Å². The van der Waals surface area contributed by atoms with Gasteiger partial charge in [0.15, 0.2) is 0 Å². The minimum absolute atomic E-state index is 0.00848. The van der Waals surface area contributed by atoms with E-state index in [1.165, 1.54) is 30.2 Å². The van der Waals surface area contributed by atoms with Crippen molar-refractivity contribution in [3.05, 3.63) is 23.8 Å². The third-order valence-corrected chi connectivity index (χ3v) is 6.17. The molecule has 1 aliphatic heterocycles. The fourth-order valence-corrected chi connectivity index (χ4v) is 4.26. The van der Waals surface area contributed by atoms with E-state index in [9.17, 15) is 26.4 Å². The zero-order valence-corrected chi connectivity index (χ0v) is 20.3. The Hall–Kier alpha value is -2.05. The number of alkyl halides is 3. The molecule has 0 aliphatic carbocycles. The van der Waals surface area contributed by atoms with Crippen LogP contribution in [-0.4, -0.2) is 89.1 Å². The third kappa shape index (κ3) is 8.35. The molecule has 0 aromatic heterocycles. The van der Waals surface area contributed by atoms with Crippen LogP contribution in [-0.2, 0) is 14.8 Å². The number of amides is 1. The standard InChI is InChI=1S/C21H32F3N3O5S/c1-14-11-27(9-8-21(22,23)24)15(2)13-32-18-10-16(25-33(5,29)30)6-7-17(18)20(28)26(3)12-19(14)31-4/h6-7,10,14-15,19,25H,8-9,11-13H2,1-5H3/t14-,15-,19-/m1/s1. The zero-order valence-electron chi connectivity index (χ0n) is 19.5. The van der Waals surface area contributed by atoms with E-state index in [0.29, 0.717) is 6.54 Å². The molecule has 0 unspecified atom stereocenters. The fourth-order valence-electron chi connectivity index (χ4n) is 3.71. The van der Waals surface area contributed by atoms with Gasteiger partial charge in [0, 0.05) is 45.9 Å². The van der Waals surface area contributed by atoms with E-state index in [1.807, 2.05) is 6.92 Å². The molecule has 1 amide bonds. The van der Waals surface area contributed by atoms with Gasteiger partial charge in [0.2, 0.25) is 10.0 Å². The Kier molecular flexibility index (Phi) is 9.00. The molecule has 0 saturated heterocycles. The Morgan fingerprint density at radius 1 is 1.24 bits per heavy atom. The highest BCUT2D eigenvalue weighted by molar-refractivity contribution is 7.92. The Morgan fingerprint density at radius 2 is 1.91 bits per heavy atom. The number of nitrogens with zero attached hydrogens (tertiary/aromatic N) is 2. The minimum Gasteiger partial charge on any atom is -0.491 e. The number of carbonyl (C=O) groups is 1. The second kappa shape index (κ2) is 10.9. The number of carbonyl (C=O) groups excluding carboxylic acids is 1. The molecule has 1 heterocycles. The van der Waals surface area contributed by atoms with Crippen LogP contribution in [0.2, 0.25) is 0 Å². The molecule has 33 heavy (non-hydrogen) atoms. The fraction of sp³-hybridized carbons (Fsp3) is 0.667. The lowest BCUT2D eigenvalue weighted by Crippen LogP contribution is -2.47. The molecule has 0 radical (unpaired) electrons. The molecule has 0 spiro atoms. The highest BCUT2D eigenvalue weighted by Crippen LogP contribution is 2.28. The van der Waals surface area contributed by atoms with Crippen LogP contribution in [0, 0.1) is 5.92 Å². The van der Waals surface area contributed by atoms with Crippen molar-refractivity contribution in [1.82, 2.24) is 9.80 Å². The van der Waals surface area contributed by atoms with E-state index in [0.717, 1.165) is 6.26 Å². The van der Waals surface area contributed by atoms with Crippen LogP contribution in [0.5, 0.6) is 5.75 Å². The van der Waals surface area contributed by atoms with E-state index in [4.69, 9.17) is 9.47 Å². The number of sulfonamides is 1. The molecule has 1 aromatic rings. The van der Waals surface area contributed by atoms with Crippen molar-refractivity contribution < 1.29 is 35.9 Å². The molecule has 188 valence electrons. The first-order chi connectivity index (χ1) is 15.2. The summed E-state index contributed by atoms with van der Waals surface area (Å²) in [6, 6.07) is 3.91. The predicted molar refractivity (Wildman–Crippen MR) is 119 cm³/mol. The predicted octanol–water partition coefficient (Wildman–Crippen LogP) is 2.82. The van der Waals surface area contributed by atoms with Crippen molar-refractivity contribution in [1.29, 1.82) is 0 Å². The van der Waals surface area contributed by atoms with Gasteiger partial charge in [0.1, 0.15) is 12.4 Å². The number of likely N-dealkylation sites (N-methyl/N-ethyl adjacent to an activating group) is 1. The van der Waals surface area contributed by atoms with Gasteiger partial charge < -0.3 is 14.4 Å². The van der Waals surface area contributed by atoms with Gasteiger partial charge in [-0.3, -0.25) is 14.4 Å². The molecule has 0 fully saturated rings. The first-order valence-corrected chi connectivity index (χ1v) is 12.4. The summed E-state index contributed by atoms with van der Waals surface area (Å²) in [4.78, 5) is 16.3. The quantitative estimate of drug-likeness (QED) is 0.676. The second-order valence-electron chi connectivity index (χ2n) is 8.54. The number of methoxy groups -OCH3 is 1. The van der Waals surface area contributed by atoms with E-state index in [-0.39, 0.29) is 48.5 Å². The number of halogens is 3. The average Bonchev–Trinajstić information content (AvgIpc) is 2.69. The highest BCUT2D eigenvalue weighted by atomic mass is 32.2. The van der Waals surface area contributed by atoms with Gasteiger partial charge in [-0.2, -0.15) is 13.2 Å². The van der Waals surface area contributed by atoms with Crippen molar-refractivity contribution in [2.45, 2.75) is 38.6 Å². The van der Waals surface area contributed by atoms with Crippen molar-refractivity contribution in [2.24, 2.45) is 5.92 Å². The molecule has 0 saturated carbocycles. The number of ether oxygens (including phenoxy) is 2. The van der Waals surface area contributed by atoms with Crippen LogP contribution < -0.4 is 9.46 Å². The molecule has 3 atom stereocenters. The topological polar surface area (TPSA) is 88.2 Å². The van der Waals surface area contributed by atoms with E-state index < -0.39 is 34.8 Å². The van der Waals surface area contributed by atoms with Crippen LogP contribution in [0.3, 0.4) is 0 Å². The molecule has 1 N–H and O–H groups in total. The smallest absolute Gasteiger partial charge is 0.390 e. The Balaban J connectivity index is 2.42. The largest absolute Gasteiger partial charge is 0.491 e. The second-order valence-corrected chi connectivity index (χ2v) is 10.3. The lowest BCUT2D eigenvalue weighted by Gasteiger charge is -2.36. The van der Waals surface area contributed by atoms with Crippen molar-refractivity contribution >= 4 is 21.6 Å². The zero-order chi connectivity index (χ0) is 25.0. The van der Waals surface area contributed by atoms with Gasteiger partial charge in [-0.15, -0.1) is 0 Å². The third-order valence-electron chi connectivity index (χ3n) is 5.56. The number of benzene rings is 1. The number of hydrogen-bond acceptors (Lipinski definition) is 6. The molecular weight excluding hydrogens is 463 g/mol. The highest BCUT2D eigenvalue weighted by Gasteiger charge is 2.32.